The highest BCUT2D eigenvalue weighted by Crippen LogP contribution is 2.33. The Kier molecular flexibility index (Phi) is 4.46. The summed E-state index contributed by atoms with van der Waals surface area (Å²) in [5.74, 6) is 3.35. The van der Waals surface area contributed by atoms with E-state index in [0.29, 0.717) is 13.0 Å². The lowest BCUT2D eigenvalue weighted by molar-refractivity contribution is -0.123. The van der Waals surface area contributed by atoms with Crippen molar-refractivity contribution in [2.75, 3.05) is 6.61 Å². The molecule has 3 nitrogen and oxygen atoms in total. The van der Waals surface area contributed by atoms with Gasteiger partial charge in [-0.15, -0.1) is 12.3 Å². The Morgan fingerprint density at radius 2 is 2.37 bits per heavy atom. The van der Waals surface area contributed by atoms with Gasteiger partial charge in [0.05, 0.1) is 12.5 Å². The van der Waals surface area contributed by atoms with Gasteiger partial charge in [-0.25, -0.2) is 0 Å². The van der Waals surface area contributed by atoms with Gasteiger partial charge in [0.15, 0.2) is 0 Å². The summed E-state index contributed by atoms with van der Waals surface area (Å²) in [7, 11) is 0. The van der Waals surface area contributed by atoms with Crippen molar-refractivity contribution < 1.29 is 9.53 Å². The van der Waals surface area contributed by atoms with Gasteiger partial charge in [-0.3, -0.25) is 4.79 Å². The second kappa shape index (κ2) is 6.29. The second-order valence-electron chi connectivity index (χ2n) is 4.75. The molecule has 3 heteroatoms. The molecule has 2 rings (SSSR count). The van der Waals surface area contributed by atoms with Gasteiger partial charge >= 0.3 is 0 Å². The van der Waals surface area contributed by atoms with E-state index in [-0.39, 0.29) is 17.9 Å². The Morgan fingerprint density at radius 3 is 3.11 bits per heavy atom. The smallest absolute Gasteiger partial charge is 0.228 e. The SMILES string of the molecule is C#CCC(CC)NC(=O)C1CCOc2ccccc21. The Hall–Kier alpha value is -1.95. The molecule has 1 aliphatic rings. The highest BCUT2D eigenvalue weighted by molar-refractivity contribution is 5.85. The van der Waals surface area contributed by atoms with Crippen molar-refractivity contribution in [3.05, 3.63) is 29.8 Å². The molecule has 0 aromatic heterocycles. The fourth-order valence-electron chi connectivity index (χ4n) is 2.36. The largest absolute Gasteiger partial charge is 0.493 e. The molecule has 1 N–H and O–H groups in total. The Bertz CT molecular complexity index is 490. The Balaban J connectivity index is 2.11. The zero-order valence-electron chi connectivity index (χ0n) is 11.2. The summed E-state index contributed by atoms with van der Waals surface area (Å²) in [6, 6.07) is 7.79. The van der Waals surface area contributed by atoms with Crippen molar-refractivity contribution in [2.45, 2.75) is 38.1 Å². The van der Waals surface area contributed by atoms with Crippen LogP contribution < -0.4 is 10.1 Å². The van der Waals surface area contributed by atoms with E-state index in [1.54, 1.807) is 0 Å². The maximum absolute atomic E-state index is 12.4. The number of nitrogens with one attached hydrogen (secondary N) is 1. The number of rotatable bonds is 4. The molecule has 0 bridgehead atoms. The number of benzene rings is 1. The molecule has 1 aromatic rings. The number of carbonyl (C=O) groups excluding carboxylic acids is 1. The normalized spacial score (nSPS) is 18.6. The minimum atomic E-state index is -0.128. The first kappa shape index (κ1) is 13.5. The number of hydrogen-bond acceptors (Lipinski definition) is 2. The standard InChI is InChI=1S/C16H19NO2/c1-3-7-12(4-2)17-16(18)14-10-11-19-15-9-6-5-8-13(14)15/h1,5-6,8-9,12,14H,4,7,10-11H2,2H3,(H,17,18). The molecule has 19 heavy (non-hydrogen) atoms. The van der Waals surface area contributed by atoms with Crippen LogP contribution in [0.5, 0.6) is 5.75 Å². The first-order valence-electron chi connectivity index (χ1n) is 6.71. The van der Waals surface area contributed by atoms with Crippen molar-refractivity contribution in [2.24, 2.45) is 0 Å². The summed E-state index contributed by atoms with van der Waals surface area (Å²) in [6.45, 7) is 2.61. The summed E-state index contributed by atoms with van der Waals surface area (Å²) in [4.78, 5) is 12.4. The van der Waals surface area contributed by atoms with Crippen molar-refractivity contribution in [3.8, 4) is 18.1 Å². The molecule has 1 aliphatic heterocycles. The van der Waals surface area contributed by atoms with Gasteiger partial charge in [0.2, 0.25) is 5.91 Å². The molecule has 100 valence electrons. The van der Waals surface area contributed by atoms with Gasteiger partial charge in [0.25, 0.3) is 0 Å². The van der Waals surface area contributed by atoms with E-state index in [9.17, 15) is 4.79 Å². The van der Waals surface area contributed by atoms with Crippen LogP contribution >= 0.6 is 0 Å². The monoisotopic (exact) mass is 257 g/mol. The van der Waals surface area contributed by atoms with Crippen LogP contribution in [0.15, 0.2) is 24.3 Å². The third-order valence-corrected chi connectivity index (χ3v) is 3.48. The number of para-hydroxylation sites is 1. The van der Waals surface area contributed by atoms with E-state index in [0.717, 1.165) is 24.2 Å². The van der Waals surface area contributed by atoms with E-state index < -0.39 is 0 Å². The second-order valence-corrected chi connectivity index (χ2v) is 4.75. The molecule has 2 unspecified atom stereocenters. The van der Waals surface area contributed by atoms with Gasteiger partial charge in [-0.05, 0) is 18.9 Å². The average Bonchev–Trinajstić information content (AvgIpc) is 2.46. The molecular formula is C16H19NO2. The number of amides is 1. The van der Waals surface area contributed by atoms with Crippen LogP contribution in [-0.2, 0) is 4.79 Å². The summed E-state index contributed by atoms with van der Waals surface area (Å²) in [5.41, 5.74) is 0.974. The van der Waals surface area contributed by atoms with E-state index in [1.165, 1.54) is 0 Å². The van der Waals surface area contributed by atoms with Crippen LogP contribution in [0.3, 0.4) is 0 Å². The van der Waals surface area contributed by atoms with Crippen LogP contribution in [0, 0.1) is 12.3 Å². The predicted octanol–water partition coefficient (Wildman–Crippen LogP) is 2.47. The molecule has 0 aliphatic carbocycles. The van der Waals surface area contributed by atoms with Crippen LogP contribution in [-0.4, -0.2) is 18.6 Å². The van der Waals surface area contributed by atoms with Crippen LogP contribution in [0.1, 0.15) is 37.7 Å². The molecule has 0 fully saturated rings. The van der Waals surface area contributed by atoms with E-state index in [4.69, 9.17) is 11.2 Å². The maximum atomic E-state index is 12.4. The highest BCUT2D eigenvalue weighted by atomic mass is 16.5. The average molecular weight is 257 g/mol. The molecule has 0 saturated heterocycles. The number of fused-ring (bicyclic) bond motifs is 1. The summed E-state index contributed by atoms with van der Waals surface area (Å²) < 4.78 is 5.57. The lowest BCUT2D eigenvalue weighted by atomic mass is 9.92. The van der Waals surface area contributed by atoms with Crippen LogP contribution in [0.2, 0.25) is 0 Å². The van der Waals surface area contributed by atoms with E-state index >= 15 is 0 Å². The predicted molar refractivity (Wildman–Crippen MR) is 75.0 cm³/mol. The number of terminal acetylenes is 1. The van der Waals surface area contributed by atoms with Crippen molar-refractivity contribution >= 4 is 5.91 Å². The lowest BCUT2D eigenvalue weighted by Crippen LogP contribution is -2.39. The fourth-order valence-corrected chi connectivity index (χ4v) is 2.36. The third kappa shape index (κ3) is 3.08. The molecule has 1 amide bonds. The molecule has 2 atom stereocenters. The van der Waals surface area contributed by atoms with Gasteiger partial charge in [-0.1, -0.05) is 25.1 Å². The molecular weight excluding hydrogens is 238 g/mol. The zero-order chi connectivity index (χ0) is 13.7. The maximum Gasteiger partial charge on any atom is 0.228 e. The topological polar surface area (TPSA) is 38.3 Å². The van der Waals surface area contributed by atoms with Crippen molar-refractivity contribution in [1.29, 1.82) is 0 Å². The van der Waals surface area contributed by atoms with Crippen LogP contribution in [0.25, 0.3) is 0 Å². The van der Waals surface area contributed by atoms with Gasteiger partial charge < -0.3 is 10.1 Å². The molecule has 1 aromatic carbocycles. The first-order chi connectivity index (χ1) is 9.26. The van der Waals surface area contributed by atoms with Gasteiger partial charge in [-0.2, -0.15) is 0 Å². The van der Waals surface area contributed by atoms with Crippen molar-refractivity contribution in [1.82, 2.24) is 5.32 Å². The quantitative estimate of drug-likeness (QED) is 0.841. The molecule has 0 spiro atoms. The molecule has 0 saturated carbocycles. The Morgan fingerprint density at radius 1 is 1.58 bits per heavy atom. The highest BCUT2D eigenvalue weighted by Gasteiger charge is 2.28. The van der Waals surface area contributed by atoms with Gasteiger partial charge in [0, 0.05) is 18.0 Å². The minimum Gasteiger partial charge on any atom is -0.493 e. The summed E-state index contributed by atoms with van der Waals surface area (Å²) in [6.07, 6.45) is 7.46. The summed E-state index contributed by atoms with van der Waals surface area (Å²) in [5, 5.41) is 3.04. The molecule has 0 radical (unpaired) electrons. The summed E-state index contributed by atoms with van der Waals surface area (Å²) >= 11 is 0. The van der Waals surface area contributed by atoms with E-state index in [2.05, 4.69) is 11.2 Å². The number of ether oxygens (including phenoxy) is 1. The third-order valence-electron chi connectivity index (χ3n) is 3.48. The number of hydrogen-bond donors (Lipinski definition) is 1. The minimum absolute atomic E-state index is 0.0536. The number of carbonyl (C=O) groups is 1. The first-order valence-corrected chi connectivity index (χ1v) is 6.71. The van der Waals surface area contributed by atoms with Crippen LogP contribution in [0.4, 0.5) is 0 Å². The van der Waals surface area contributed by atoms with E-state index in [1.807, 2.05) is 31.2 Å². The molecule has 1 heterocycles. The Labute approximate surface area is 114 Å². The fraction of sp³-hybridized carbons (Fsp3) is 0.438. The zero-order valence-corrected chi connectivity index (χ0v) is 11.2. The van der Waals surface area contributed by atoms with Crippen molar-refractivity contribution in [3.63, 3.8) is 0 Å². The van der Waals surface area contributed by atoms with Gasteiger partial charge in [0.1, 0.15) is 5.75 Å². The lowest BCUT2D eigenvalue weighted by Gasteiger charge is -2.26.